The highest BCUT2D eigenvalue weighted by molar-refractivity contribution is 7.98. The molecule has 0 radical (unpaired) electrons. The van der Waals surface area contributed by atoms with Gasteiger partial charge in [-0.1, -0.05) is 23.9 Å². The highest BCUT2D eigenvalue weighted by atomic mass is 32.2. The molecule has 0 aliphatic heterocycles. The van der Waals surface area contributed by atoms with E-state index in [1.54, 1.807) is 28.9 Å². The van der Waals surface area contributed by atoms with Gasteiger partial charge in [-0.2, -0.15) is 0 Å². The molecule has 0 saturated carbocycles. The van der Waals surface area contributed by atoms with Crippen LogP contribution in [0, 0.1) is 0 Å². The van der Waals surface area contributed by atoms with Crippen LogP contribution in [0.5, 0.6) is 0 Å². The predicted molar refractivity (Wildman–Crippen MR) is 84.9 cm³/mol. The van der Waals surface area contributed by atoms with Crippen LogP contribution in [0.3, 0.4) is 0 Å². The van der Waals surface area contributed by atoms with E-state index in [9.17, 15) is 4.79 Å². The van der Waals surface area contributed by atoms with Gasteiger partial charge < -0.3 is 4.98 Å². The first-order valence-electron chi connectivity index (χ1n) is 6.70. The lowest BCUT2D eigenvalue weighted by Crippen LogP contribution is -2.14. The van der Waals surface area contributed by atoms with Gasteiger partial charge >= 0.3 is 0 Å². The zero-order valence-electron chi connectivity index (χ0n) is 11.4. The number of rotatable bonds is 3. The Kier molecular flexibility index (Phi) is 3.12. The molecule has 1 aromatic carbocycles. The molecule has 0 atom stereocenters. The summed E-state index contributed by atoms with van der Waals surface area (Å²) in [4.78, 5) is 28.3. The molecule has 108 valence electrons. The number of imidazole rings is 1. The Morgan fingerprint density at radius 3 is 2.82 bits per heavy atom. The fraction of sp³-hybridized carbons (Fsp3) is 0.0667. The monoisotopic (exact) mass is 309 g/mol. The lowest BCUT2D eigenvalue weighted by Gasteiger charge is -2.02. The molecular weight excluding hydrogens is 298 g/mol. The molecular formula is C15H11N5OS. The Labute approximate surface area is 129 Å². The van der Waals surface area contributed by atoms with Gasteiger partial charge in [0.2, 0.25) is 5.78 Å². The average Bonchev–Trinajstić information content (AvgIpc) is 2.92. The van der Waals surface area contributed by atoms with Crippen molar-refractivity contribution in [1.29, 1.82) is 0 Å². The second kappa shape index (κ2) is 5.27. The van der Waals surface area contributed by atoms with E-state index in [1.165, 1.54) is 11.8 Å². The number of thioether (sulfide) groups is 1. The van der Waals surface area contributed by atoms with Crippen molar-refractivity contribution in [3.63, 3.8) is 0 Å². The second-order valence-corrected chi connectivity index (χ2v) is 5.65. The third kappa shape index (κ3) is 2.25. The number of nitrogens with one attached hydrogen (secondary N) is 1. The number of hydrogen-bond donors (Lipinski definition) is 1. The number of benzene rings is 1. The summed E-state index contributed by atoms with van der Waals surface area (Å²) >= 11 is 1.47. The Morgan fingerprint density at radius 1 is 1.14 bits per heavy atom. The second-order valence-electron chi connectivity index (χ2n) is 4.71. The molecule has 0 bridgehead atoms. The maximum absolute atomic E-state index is 12.3. The number of aromatic nitrogens is 5. The first-order chi connectivity index (χ1) is 10.8. The zero-order chi connectivity index (χ0) is 14.9. The number of H-pyrrole nitrogens is 1. The van der Waals surface area contributed by atoms with Crippen molar-refractivity contribution in [1.82, 2.24) is 24.3 Å². The maximum Gasteiger partial charge on any atom is 0.259 e. The van der Waals surface area contributed by atoms with E-state index in [0.29, 0.717) is 16.7 Å². The van der Waals surface area contributed by atoms with Crippen LogP contribution >= 0.6 is 11.8 Å². The molecule has 0 saturated heterocycles. The number of fused-ring (bicyclic) bond motifs is 3. The Bertz CT molecular complexity index is 1010. The molecule has 0 aliphatic rings. The van der Waals surface area contributed by atoms with Gasteiger partial charge in [-0.05, 0) is 18.2 Å². The van der Waals surface area contributed by atoms with Crippen molar-refractivity contribution in [3.8, 4) is 0 Å². The minimum absolute atomic E-state index is 0.0907. The van der Waals surface area contributed by atoms with Crippen LogP contribution in [0.1, 0.15) is 5.69 Å². The summed E-state index contributed by atoms with van der Waals surface area (Å²) in [5.41, 5.74) is 2.31. The molecule has 3 aromatic heterocycles. The number of aromatic amines is 1. The smallest absolute Gasteiger partial charge is 0.259 e. The van der Waals surface area contributed by atoms with Crippen molar-refractivity contribution < 1.29 is 0 Å². The van der Waals surface area contributed by atoms with E-state index >= 15 is 0 Å². The van der Waals surface area contributed by atoms with Gasteiger partial charge in [-0.25, -0.2) is 19.4 Å². The first kappa shape index (κ1) is 13.0. The highest BCUT2D eigenvalue weighted by Crippen LogP contribution is 2.18. The molecule has 0 aliphatic carbocycles. The van der Waals surface area contributed by atoms with Gasteiger partial charge in [-0.15, -0.1) is 0 Å². The minimum atomic E-state index is -0.0907. The van der Waals surface area contributed by atoms with Crippen molar-refractivity contribution in [2.75, 3.05) is 0 Å². The summed E-state index contributed by atoms with van der Waals surface area (Å²) in [6.45, 7) is 0. The third-order valence-electron chi connectivity index (χ3n) is 3.25. The Balaban J connectivity index is 1.74. The van der Waals surface area contributed by atoms with Gasteiger partial charge in [0.25, 0.3) is 5.56 Å². The standard InChI is InChI=1S/C15H11N5OS/c21-13-8-10(9-22-15-16-6-3-7-17-15)18-14-19-11-4-1-2-5-12(11)20(13)14/h1-8H,9H2,(H,18,19). The molecule has 7 heteroatoms. The average molecular weight is 309 g/mol. The van der Waals surface area contributed by atoms with Crippen LogP contribution in [0.25, 0.3) is 16.8 Å². The van der Waals surface area contributed by atoms with E-state index in [1.807, 2.05) is 24.3 Å². The maximum atomic E-state index is 12.3. The summed E-state index contributed by atoms with van der Waals surface area (Å²) in [6.07, 6.45) is 3.39. The van der Waals surface area contributed by atoms with Crippen LogP contribution in [0.2, 0.25) is 0 Å². The van der Waals surface area contributed by atoms with Gasteiger partial charge in [0.1, 0.15) is 0 Å². The van der Waals surface area contributed by atoms with Gasteiger partial charge in [-0.3, -0.25) is 4.79 Å². The van der Waals surface area contributed by atoms with E-state index in [-0.39, 0.29) is 5.56 Å². The Hall–Kier alpha value is -2.67. The lowest BCUT2D eigenvalue weighted by atomic mass is 10.3. The minimum Gasteiger partial charge on any atom is -0.328 e. The molecule has 0 amide bonds. The summed E-state index contributed by atoms with van der Waals surface area (Å²) in [6, 6.07) is 10.9. The van der Waals surface area contributed by atoms with Crippen LogP contribution in [0.4, 0.5) is 0 Å². The van der Waals surface area contributed by atoms with Crippen LogP contribution in [-0.2, 0) is 5.75 Å². The highest BCUT2D eigenvalue weighted by Gasteiger charge is 2.09. The molecule has 3 heterocycles. The van der Waals surface area contributed by atoms with Crippen molar-refractivity contribution in [3.05, 3.63) is 64.8 Å². The van der Waals surface area contributed by atoms with Gasteiger partial charge in [0.15, 0.2) is 5.16 Å². The summed E-state index contributed by atoms with van der Waals surface area (Å²) in [7, 11) is 0. The lowest BCUT2D eigenvalue weighted by molar-refractivity contribution is 0.962. The fourth-order valence-corrected chi connectivity index (χ4v) is 3.02. The quantitative estimate of drug-likeness (QED) is 0.464. The number of para-hydroxylation sites is 2. The van der Waals surface area contributed by atoms with Crippen LogP contribution in [0.15, 0.2) is 58.7 Å². The molecule has 0 fully saturated rings. The van der Waals surface area contributed by atoms with Gasteiger partial charge in [0, 0.05) is 29.9 Å². The van der Waals surface area contributed by atoms with E-state index in [0.717, 1.165) is 16.7 Å². The fourth-order valence-electron chi connectivity index (χ4n) is 2.31. The molecule has 4 rings (SSSR count). The molecule has 0 spiro atoms. The topological polar surface area (TPSA) is 75.9 Å². The van der Waals surface area contributed by atoms with Crippen LogP contribution in [-0.4, -0.2) is 24.3 Å². The normalized spacial score (nSPS) is 11.3. The largest absolute Gasteiger partial charge is 0.328 e. The first-order valence-corrected chi connectivity index (χ1v) is 7.69. The number of nitrogens with zero attached hydrogens (tertiary/aromatic N) is 4. The van der Waals surface area contributed by atoms with E-state index < -0.39 is 0 Å². The molecule has 6 nitrogen and oxygen atoms in total. The molecule has 0 unspecified atom stereocenters. The third-order valence-corrected chi connectivity index (χ3v) is 4.17. The van der Waals surface area contributed by atoms with E-state index in [4.69, 9.17) is 0 Å². The Morgan fingerprint density at radius 2 is 1.95 bits per heavy atom. The van der Waals surface area contributed by atoms with Crippen molar-refractivity contribution in [2.45, 2.75) is 10.9 Å². The number of hydrogen-bond acceptors (Lipinski definition) is 5. The van der Waals surface area contributed by atoms with Crippen LogP contribution < -0.4 is 5.56 Å². The molecule has 22 heavy (non-hydrogen) atoms. The predicted octanol–water partition coefficient (Wildman–Crippen LogP) is 2.26. The zero-order valence-corrected chi connectivity index (χ0v) is 12.2. The molecule has 4 aromatic rings. The van der Waals surface area contributed by atoms with Crippen molar-refractivity contribution in [2.24, 2.45) is 0 Å². The van der Waals surface area contributed by atoms with Gasteiger partial charge in [0.05, 0.1) is 11.0 Å². The van der Waals surface area contributed by atoms with Crippen molar-refractivity contribution >= 4 is 28.6 Å². The SMILES string of the molecule is O=c1cc(CSc2ncccn2)[nH]c2nc3ccccc3n12. The molecule has 1 N–H and O–H groups in total. The summed E-state index contributed by atoms with van der Waals surface area (Å²) in [5.74, 6) is 1.14. The van der Waals surface area contributed by atoms with E-state index in [2.05, 4.69) is 19.9 Å². The summed E-state index contributed by atoms with van der Waals surface area (Å²) < 4.78 is 1.59. The summed E-state index contributed by atoms with van der Waals surface area (Å²) in [5, 5.41) is 0.678.